The Bertz CT molecular complexity index is 2090. The number of ether oxygens (including phenoxy) is 1. The van der Waals surface area contributed by atoms with Crippen LogP contribution in [0.15, 0.2) is 55.4 Å². The van der Waals surface area contributed by atoms with E-state index in [4.69, 9.17) is 10.5 Å². The standard InChI is InChI=1S/C34H29F6N9O3/c1-32(2,3)52-31(51)49(26-9-20(14-43-29(26)34(38,39)40)24-10-21(12-41)45-16-48-24)25-6-4-18(25)8-27(49)30(50)44-15-22-11-23(47-17-46-22)19-5-7-28(42-13-19)33(35,36)37/h5,7,9-11,13-14,16-18,25,27H,8,12,15,41H2,1-3H3/p+1/t18-,25-,27+,49?/m1/s1. The van der Waals surface area contributed by atoms with E-state index in [0.717, 1.165) is 30.9 Å². The molecule has 5 heterocycles. The van der Waals surface area contributed by atoms with Crippen molar-refractivity contribution in [3.8, 4) is 34.4 Å². The van der Waals surface area contributed by atoms with E-state index in [1.807, 2.05) is 0 Å². The molecule has 6 rings (SSSR count). The van der Waals surface area contributed by atoms with Gasteiger partial charge in [0.25, 0.3) is 5.91 Å². The van der Waals surface area contributed by atoms with Gasteiger partial charge in [0.1, 0.15) is 23.9 Å². The molecule has 0 bridgehead atoms. The van der Waals surface area contributed by atoms with E-state index in [-0.39, 0.29) is 47.7 Å². The van der Waals surface area contributed by atoms with Gasteiger partial charge in [0, 0.05) is 42.6 Å². The van der Waals surface area contributed by atoms with Gasteiger partial charge in [-0.1, -0.05) is 5.92 Å². The van der Waals surface area contributed by atoms with Crippen LogP contribution in [0.3, 0.4) is 0 Å². The number of alkyl halides is 6. The predicted octanol–water partition coefficient (Wildman–Crippen LogP) is 5.22. The maximum atomic E-state index is 14.8. The number of fused-ring (bicyclic) bond motifs is 1. The summed E-state index contributed by atoms with van der Waals surface area (Å²) < 4.78 is 88.1. The largest absolute Gasteiger partial charge is 0.523 e. The van der Waals surface area contributed by atoms with Crippen molar-refractivity contribution in [1.82, 2.24) is 39.7 Å². The van der Waals surface area contributed by atoms with Gasteiger partial charge < -0.3 is 15.8 Å². The summed E-state index contributed by atoms with van der Waals surface area (Å²) in [6.07, 6.45) is -6.66. The predicted molar refractivity (Wildman–Crippen MR) is 172 cm³/mol. The second kappa shape index (κ2) is 13.2. The van der Waals surface area contributed by atoms with E-state index in [0.29, 0.717) is 5.69 Å². The summed E-state index contributed by atoms with van der Waals surface area (Å²) in [6, 6.07) is 3.41. The highest BCUT2D eigenvalue weighted by Crippen LogP contribution is 2.51. The van der Waals surface area contributed by atoms with Crippen LogP contribution in [-0.4, -0.2) is 59.6 Å². The van der Waals surface area contributed by atoms with Gasteiger partial charge in [0.2, 0.25) is 5.69 Å². The number of aromatic nitrogens is 6. The van der Waals surface area contributed by atoms with Crippen molar-refractivity contribution in [1.29, 1.82) is 0 Å². The summed E-state index contributed by atoms with van der Waals surface area (Å²) >= 11 is 0. The highest BCUT2D eigenvalue weighted by atomic mass is 19.4. The highest BCUT2D eigenvalue weighted by Gasteiger charge is 2.69. The number of pyridine rings is 2. The van der Waals surface area contributed by atoms with E-state index in [2.05, 4.69) is 47.1 Å². The molecule has 0 aromatic carbocycles. The number of likely N-dealkylation sites (tertiary alicyclic amines) is 1. The number of amides is 2. The number of rotatable bonds is 7. The Kier molecular flexibility index (Phi) is 9.21. The van der Waals surface area contributed by atoms with Crippen molar-refractivity contribution in [3.05, 3.63) is 78.2 Å². The fraction of sp³-hybridized carbons (Fsp3) is 0.353. The molecule has 0 spiro atoms. The lowest BCUT2D eigenvalue weighted by atomic mass is 9.91. The van der Waals surface area contributed by atoms with Gasteiger partial charge in [-0.25, -0.2) is 24.9 Å². The average Bonchev–Trinajstić information content (AvgIpc) is 3.32. The third-order valence-corrected chi connectivity index (χ3v) is 8.48. The van der Waals surface area contributed by atoms with Crippen LogP contribution in [0.1, 0.15) is 50.0 Å². The third kappa shape index (κ3) is 6.88. The Morgan fingerprint density at radius 2 is 1.52 bits per heavy atom. The third-order valence-electron chi connectivity index (χ3n) is 8.48. The van der Waals surface area contributed by atoms with E-state index < -0.39 is 69.5 Å². The molecule has 4 atom stereocenters. The molecule has 0 saturated carbocycles. The van der Waals surface area contributed by atoms with Crippen LogP contribution in [0.4, 0.5) is 36.8 Å². The highest BCUT2D eigenvalue weighted by molar-refractivity contribution is 5.97. The van der Waals surface area contributed by atoms with Crippen molar-refractivity contribution < 1.29 is 40.7 Å². The summed E-state index contributed by atoms with van der Waals surface area (Å²) in [5.74, 6) is 4.25. The maximum Gasteiger partial charge on any atom is 0.523 e. The van der Waals surface area contributed by atoms with Gasteiger partial charge in [-0.3, -0.25) is 9.78 Å². The quantitative estimate of drug-likeness (QED) is 0.147. The van der Waals surface area contributed by atoms with Crippen molar-refractivity contribution in [2.24, 2.45) is 11.7 Å². The minimum absolute atomic E-state index is 0.0188. The van der Waals surface area contributed by atoms with Gasteiger partial charge >= 0.3 is 18.4 Å². The lowest BCUT2D eigenvalue weighted by Gasteiger charge is -2.41. The fourth-order valence-corrected chi connectivity index (χ4v) is 6.16. The second-order valence-corrected chi connectivity index (χ2v) is 13.1. The van der Waals surface area contributed by atoms with Crippen LogP contribution >= 0.6 is 0 Å². The number of nitrogens with zero attached hydrogens (tertiary/aromatic N) is 7. The molecule has 3 N–H and O–H groups in total. The van der Waals surface area contributed by atoms with Gasteiger partial charge in [0.15, 0.2) is 17.8 Å². The molecule has 4 aromatic rings. The van der Waals surface area contributed by atoms with E-state index in [9.17, 15) is 35.9 Å². The normalized spacial score (nSPS) is 21.0. The van der Waals surface area contributed by atoms with E-state index in [1.54, 1.807) is 20.8 Å². The summed E-state index contributed by atoms with van der Waals surface area (Å²) in [5.41, 5.74) is 2.72. The Labute approximate surface area is 292 Å². The van der Waals surface area contributed by atoms with Crippen molar-refractivity contribution in [2.45, 2.75) is 70.3 Å². The summed E-state index contributed by atoms with van der Waals surface area (Å²) in [5, 5.41) is 2.67. The molecule has 4 aromatic heterocycles. The molecule has 52 heavy (non-hydrogen) atoms. The average molecular weight is 727 g/mol. The molecular weight excluding hydrogens is 696 g/mol. The first kappa shape index (κ1) is 36.3. The fourth-order valence-electron chi connectivity index (χ4n) is 6.16. The summed E-state index contributed by atoms with van der Waals surface area (Å²) in [4.78, 5) is 52.2. The van der Waals surface area contributed by atoms with Gasteiger partial charge in [-0.2, -0.15) is 35.6 Å². The molecule has 18 heteroatoms. The smallest absolute Gasteiger partial charge is 0.414 e. The zero-order valence-electron chi connectivity index (χ0n) is 27.7. The van der Waals surface area contributed by atoms with Crippen molar-refractivity contribution in [2.75, 3.05) is 0 Å². The molecular formula is C34H30F6N9O3+. The van der Waals surface area contributed by atoms with Crippen LogP contribution < -0.4 is 15.5 Å². The number of hydrogen-bond donors (Lipinski definition) is 2. The number of hydrogen-bond acceptors (Lipinski definition) is 10. The number of halogens is 6. The Morgan fingerprint density at radius 1 is 0.865 bits per heavy atom. The number of carbonyl (C=O) groups excluding carboxylic acids is 2. The first-order valence-electron chi connectivity index (χ1n) is 15.8. The zero-order valence-corrected chi connectivity index (χ0v) is 27.7. The van der Waals surface area contributed by atoms with Crippen LogP contribution in [0.5, 0.6) is 0 Å². The Hall–Kier alpha value is -5.54. The van der Waals surface area contributed by atoms with Crippen molar-refractivity contribution in [3.63, 3.8) is 0 Å². The van der Waals surface area contributed by atoms with E-state index in [1.165, 1.54) is 24.5 Å². The van der Waals surface area contributed by atoms with Gasteiger partial charge in [0.05, 0.1) is 35.2 Å². The summed E-state index contributed by atoms with van der Waals surface area (Å²) in [7, 11) is 0. The van der Waals surface area contributed by atoms with Crippen molar-refractivity contribution >= 4 is 17.7 Å². The Morgan fingerprint density at radius 3 is 2.10 bits per heavy atom. The number of nitrogens with one attached hydrogen (secondary N) is 1. The monoisotopic (exact) mass is 726 g/mol. The van der Waals surface area contributed by atoms with Crippen LogP contribution in [0.2, 0.25) is 0 Å². The minimum Gasteiger partial charge on any atom is -0.414 e. The zero-order chi connectivity index (χ0) is 37.6. The minimum atomic E-state index is -5.07. The molecule has 1 saturated heterocycles. The molecule has 0 radical (unpaired) electrons. The Balaban J connectivity index is 1.41. The molecule has 2 amide bonds. The second-order valence-electron chi connectivity index (χ2n) is 13.1. The number of carbonyl (C=O) groups is 2. The molecule has 2 aliphatic rings. The topological polar surface area (TPSA) is 159 Å². The molecule has 1 fully saturated rings. The summed E-state index contributed by atoms with van der Waals surface area (Å²) in [6.45, 7) is 4.37. The maximum absolute atomic E-state index is 14.8. The molecule has 1 aliphatic heterocycles. The van der Waals surface area contributed by atoms with Gasteiger partial charge in [-0.05, 0) is 51.0 Å². The first-order chi connectivity index (χ1) is 24.4. The van der Waals surface area contributed by atoms with Crippen LogP contribution in [-0.2, 0) is 35.0 Å². The number of nitrogens with two attached hydrogens (primary N) is 1. The molecule has 270 valence electrons. The molecule has 1 unspecified atom stereocenters. The lowest BCUT2D eigenvalue weighted by molar-refractivity contribution is -0.142. The lowest BCUT2D eigenvalue weighted by Crippen LogP contribution is -2.68. The molecule has 1 aliphatic carbocycles. The SMILES string of the molecule is CC(C)(C)OC(=O)[N+]1(c2cc(-c3cc(CN)ncn3)cnc2C(F)(F)F)[C@@H]2C#C[C@@H]2C[C@H]1C(=O)NCc1cc(-c2ccc(C(F)(F)F)nc2)ncn1. The first-order valence-corrected chi connectivity index (χ1v) is 15.8. The van der Waals surface area contributed by atoms with E-state index >= 15 is 0 Å². The van der Waals surface area contributed by atoms with Crippen LogP contribution in [0.25, 0.3) is 22.5 Å². The van der Waals surface area contributed by atoms with Gasteiger partial charge in [-0.15, -0.1) is 0 Å². The van der Waals surface area contributed by atoms with Crippen LogP contribution in [0, 0.1) is 17.8 Å². The molecule has 12 nitrogen and oxygen atoms in total. The number of quaternary nitrogens is 1.